The number of nitrogens with zero attached hydrogens (tertiary/aromatic N) is 3. The Bertz CT molecular complexity index is 571. The predicted octanol–water partition coefficient (Wildman–Crippen LogP) is 2.33. The van der Waals surface area contributed by atoms with Gasteiger partial charge in [-0.1, -0.05) is 6.92 Å². The molecule has 4 nitrogen and oxygen atoms in total. The predicted molar refractivity (Wildman–Crippen MR) is 59.8 cm³/mol. The molecule has 0 radical (unpaired) electrons. The van der Waals surface area contributed by atoms with E-state index in [9.17, 15) is 13.2 Å². The van der Waals surface area contributed by atoms with Crippen LogP contribution in [0.2, 0.25) is 0 Å². The largest absolute Gasteiger partial charge is 0.417 e. The van der Waals surface area contributed by atoms with Crippen LogP contribution in [0.1, 0.15) is 31.7 Å². The van der Waals surface area contributed by atoms with Crippen LogP contribution >= 0.6 is 0 Å². The van der Waals surface area contributed by atoms with E-state index in [1.54, 1.807) is 6.92 Å². The summed E-state index contributed by atoms with van der Waals surface area (Å²) in [5.74, 6) is 0.325. The van der Waals surface area contributed by atoms with Crippen molar-refractivity contribution in [2.45, 2.75) is 32.0 Å². The van der Waals surface area contributed by atoms with Crippen molar-refractivity contribution in [1.82, 2.24) is 14.6 Å². The van der Waals surface area contributed by atoms with Gasteiger partial charge in [0.15, 0.2) is 11.5 Å². The van der Waals surface area contributed by atoms with Gasteiger partial charge < -0.3 is 5.73 Å². The third kappa shape index (κ3) is 2.05. The Hall–Kier alpha value is -1.63. The van der Waals surface area contributed by atoms with E-state index >= 15 is 0 Å². The van der Waals surface area contributed by atoms with Crippen molar-refractivity contribution in [3.8, 4) is 0 Å². The third-order valence-corrected chi connectivity index (χ3v) is 2.97. The summed E-state index contributed by atoms with van der Waals surface area (Å²) in [6.45, 7) is 3.55. The highest BCUT2D eigenvalue weighted by molar-refractivity contribution is 5.41. The monoisotopic (exact) mass is 258 g/mol. The second kappa shape index (κ2) is 3.94. The van der Waals surface area contributed by atoms with Gasteiger partial charge in [-0.3, -0.25) is 4.40 Å². The van der Waals surface area contributed by atoms with Gasteiger partial charge in [0.2, 0.25) is 0 Å². The maximum Gasteiger partial charge on any atom is 0.417 e. The zero-order valence-electron chi connectivity index (χ0n) is 9.99. The van der Waals surface area contributed by atoms with Crippen LogP contribution in [0.4, 0.5) is 13.2 Å². The molecule has 18 heavy (non-hydrogen) atoms. The SMILES string of the molecule is CCC(C)(N)c1nnc2ccc(C(F)(F)F)cn12. The number of alkyl halides is 3. The van der Waals surface area contributed by atoms with Gasteiger partial charge in [0.1, 0.15) is 0 Å². The number of nitrogens with two attached hydrogens (primary N) is 1. The first kappa shape index (κ1) is 12.8. The highest BCUT2D eigenvalue weighted by Gasteiger charge is 2.32. The van der Waals surface area contributed by atoms with Gasteiger partial charge in [0.25, 0.3) is 0 Å². The molecule has 0 aliphatic heterocycles. The van der Waals surface area contributed by atoms with Crippen LogP contribution in [0.25, 0.3) is 5.65 Å². The van der Waals surface area contributed by atoms with Crippen molar-refractivity contribution in [1.29, 1.82) is 0 Å². The summed E-state index contributed by atoms with van der Waals surface area (Å²) in [7, 11) is 0. The highest BCUT2D eigenvalue weighted by Crippen LogP contribution is 2.30. The molecule has 2 N–H and O–H groups in total. The maximum atomic E-state index is 12.6. The van der Waals surface area contributed by atoms with Crippen LogP contribution in [0.3, 0.4) is 0 Å². The van der Waals surface area contributed by atoms with Gasteiger partial charge in [0.05, 0.1) is 11.1 Å². The number of pyridine rings is 1. The zero-order valence-corrected chi connectivity index (χ0v) is 9.99. The molecule has 2 aromatic heterocycles. The average Bonchev–Trinajstić information content (AvgIpc) is 2.71. The molecule has 2 heterocycles. The van der Waals surface area contributed by atoms with E-state index in [2.05, 4.69) is 10.2 Å². The molecule has 7 heteroatoms. The number of halogens is 3. The molecule has 0 bridgehead atoms. The molecule has 0 spiro atoms. The van der Waals surface area contributed by atoms with Gasteiger partial charge in [-0.05, 0) is 25.5 Å². The minimum Gasteiger partial charge on any atom is -0.319 e. The van der Waals surface area contributed by atoms with Crippen LogP contribution < -0.4 is 5.73 Å². The molecule has 2 aromatic rings. The minimum atomic E-state index is -4.40. The van der Waals surface area contributed by atoms with Crippen LogP contribution in [0.5, 0.6) is 0 Å². The summed E-state index contributed by atoms with van der Waals surface area (Å²) in [4.78, 5) is 0. The van der Waals surface area contributed by atoms with E-state index in [-0.39, 0.29) is 0 Å². The Morgan fingerprint density at radius 3 is 2.50 bits per heavy atom. The molecule has 1 unspecified atom stereocenters. The number of aromatic nitrogens is 3. The summed E-state index contributed by atoms with van der Waals surface area (Å²) in [5.41, 5.74) is 4.79. The molecule has 0 amide bonds. The highest BCUT2D eigenvalue weighted by atomic mass is 19.4. The molecule has 1 atom stereocenters. The van der Waals surface area contributed by atoms with E-state index in [0.29, 0.717) is 17.9 Å². The smallest absolute Gasteiger partial charge is 0.319 e. The molecule has 2 rings (SSSR count). The maximum absolute atomic E-state index is 12.6. The topological polar surface area (TPSA) is 56.2 Å². The normalized spacial score (nSPS) is 15.9. The van der Waals surface area contributed by atoms with E-state index in [1.165, 1.54) is 10.5 Å². The van der Waals surface area contributed by atoms with Crippen molar-refractivity contribution in [3.05, 3.63) is 29.7 Å². The van der Waals surface area contributed by atoms with E-state index in [0.717, 1.165) is 12.3 Å². The van der Waals surface area contributed by atoms with Gasteiger partial charge in [-0.25, -0.2) is 0 Å². The van der Waals surface area contributed by atoms with Crippen molar-refractivity contribution in [3.63, 3.8) is 0 Å². The second-order valence-electron chi connectivity index (χ2n) is 4.44. The Morgan fingerprint density at radius 2 is 1.94 bits per heavy atom. The van der Waals surface area contributed by atoms with E-state index in [1.807, 2.05) is 6.92 Å². The Balaban J connectivity index is 2.64. The lowest BCUT2D eigenvalue weighted by atomic mass is 10.00. The molecule has 0 aromatic carbocycles. The van der Waals surface area contributed by atoms with Crippen molar-refractivity contribution in [2.75, 3.05) is 0 Å². The average molecular weight is 258 g/mol. The third-order valence-electron chi connectivity index (χ3n) is 2.97. The lowest BCUT2D eigenvalue weighted by Crippen LogP contribution is -2.34. The first-order valence-corrected chi connectivity index (χ1v) is 5.47. The Kier molecular flexibility index (Phi) is 2.81. The van der Waals surface area contributed by atoms with Crippen molar-refractivity contribution in [2.24, 2.45) is 5.73 Å². The molecule has 0 aliphatic rings. The zero-order chi connectivity index (χ0) is 13.6. The van der Waals surface area contributed by atoms with Gasteiger partial charge in [0, 0.05) is 6.20 Å². The molecule has 0 aliphatic carbocycles. The lowest BCUT2D eigenvalue weighted by molar-refractivity contribution is -0.137. The number of hydrogen-bond donors (Lipinski definition) is 1. The molecule has 0 saturated heterocycles. The van der Waals surface area contributed by atoms with Crippen molar-refractivity contribution >= 4 is 5.65 Å². The lowest BCUT2D eigenvalue weighted by Gasteiger charge is -2.20. The number of rotatable bonds is 2. The fraction of sp³-hybridized carbons (Fsp3) is 0.455. The molecular formula is C11H13F3N4. The fourth-order valence-electron chi connectivity index (χ4n) is 1.61. The molecular weight excluding hydrogens is 245 g/mol. The summed E-state index contributed by atoms with van der Waals surface area (Å²) in [6.07, 6.45) is -2.87. The summed E-state index contributed by atoms with van der Waals surface area (Å²) >= 11 is 0. The van der Waals surface area contributed by atoms with Crippen LogP contribution in [0.15, 0.2) is 18.3 Å². The second-order valence-corrected chi connectivity index (χ2v) is 4.44. The van der Waals surface area contributed by atoms with Crippen molar-refractivity contribution < 1.29 is 13.2 Å². The fourth-order valence-corrected chi connectivity index (χ4v) is 1.61. The number of fused-ring (bicyclic) bond motifs is 1. The van der Waals surface area contributed by atoms with Crippen LogP contribution in [0, 0.1) is 0 Å². The van der Waals surface area contributed by atoms with Gasteiger partial charge in [-0.15, -0.1) is 10.2 Å². The number of hydrogen-bond acceptors (Lipinski definition) is 3. The van der Waals surface area contributed by atoms with E-state index < -0.39 is 17.3 Å². The van der Waals surface area contributed by atoms with Crippen LogP contribution in [-0.2, 0) is 11.7 Å². The molecule has 0 saturated carbocycles. The molecule has 98 valence electrons. The Morgan fingerprint density at radius 1 is 1.28 bits per heavy atom. The summed E-state index contributed by atoms with van der Waals surface area (Å²) in [6, 6.07) is 2.26. The molecule has 0 fully saturated rings. The summed E-state index contributed by atoms with van der Waals surface area (Å²) < 4.78 is 39.2. The summed E-state index contributed by atoms with van der Waals surface area (Å²) in [5, 5.41) is 7.70. The first-order valence-electron chi connectivity index (χ1n) is 5.47. The standard InChI is InChI=1S/C11H13F3N4/c1-3-10(2,15)9-17-16-8-5-4-7(6-18(8)9)11(12,13)14/h4-6H,3,15H2,1-2H3. The minimum absolute atomic E-state index is 0.325. The quantitative estimate of drug-likeness (QED) is 0.899. The first-order chi connectivity index (χ1) is 8.25. The van der Waals surface area contributed by atoms with Gasteiger partial charge >= 0.3 is 6.18 Å². The van der Waals surface area contributed by atoms with Crippen LogP contribution in [-0.4, -0.2) is 14.6 Å². The Labute approximate surface area is 102 Å². The van der Waals surface area contributed by atoms with Gasteiger partial charge in [-0.2, -0.15) is 13.2 Å². The van der Waals surface area contributed by atoms with E-state index in [4.69, 9.17) is 5.73 Å².